The molecule has 4 rings (SSSR count). The number of nitrogens with zero attached hydrogens (tertiary/aromatic N) is 3. The van der Waals surface area contributed by atoms with Gasteiger partial charge in [-0.2, -0.15) is 5.10 Å². The van der Waals surface area contributed by atoms with Gasteiger partial charge in [-0.05, 0) is 62.9 Å². The van der Waals surface area contributed by atoms with Crippen molar-refractivity contribution in [2.75, 3.05) is 4.90 Å². The maximum absolute atomic E-state index is 13.0. The van der Waals surface area contributed by atoms with Crippen molar-refractivity contribution >= 4 is 11.6 Å². The van der Waals surface area contributed by atoms with Gasteiger partial charge in [-0.3, -0.25) is 4.79 Å². The summed E-state index contributed by atoms with van der Waals surface area (Å²) in [5.41, 5.74) is 6.68. The van der Waals surface area contributed by atoms with Crippen LogP contribution in [0.25, 0.3) is 5.69 Å². The van der Waals surface area contributed by atoms with Gasteiger partial charge >= 0.3 is 0 Å². The minimum absolute atomic E-state index is 0.193. The third-order valence-electron chi connectivity index (χ3n) is 5.51. The van der Waals surface area contributed by atoms with Crippen LogP contribution >= 0.6 is 0 Å². The number of carbonyl (C=O) groups is 1. The van der Waals surface area contributed by atoms with Crippen molar-refractivity contribution in [1.29, 1.82) is 0 Å². The fourth-order valence-electron chi connectivity index (χ4n) is 4.16. The largest absolute Gasteiger partial charge is 0.309 e. The summed E-state index contributed by atoms with van der Waals surface area (Å²) in [6.45, 7) is 6.24. The number of amides is 1. The summed E-state index contributed by atoms with van der Waals surface area (Å²) < 4.78 is 1.98. The van der Waals surface area contributed by atoms with Crippen LogP contribution in [-0.2, 0) is 17.6 Å². The fourth-order valence-corrected chi connectivity index (χ4v) is 4.16. The summed E-state index contributed by atoms with van der Waals surface area (Å²) >= 11 is 0. The van der Waals surface area contributed by atoms with Crippen LogP contribution in [0.4, 0.5) is 5.69 Å². The van der Waals surface area contributed by atoms with Crippen molar-refractivity contribution in [2.45, 2.75) is 46.1 Å². The number of benzene rings is 2. The summed E-state index contributed by atoms with van der Waals surface area (Å²) in [5.74, 6) is 0.193. The lowest BCUT2D eigenvalue weighted by atomic mass is 10.1. The van der Waals surface area contributed by atoms with Gasteiger partial charge in [0.2, 0.25) is 5.91 Å². The molecule has 2 aromatic carbocycles. The van der Waals surface area contributed by atoms with E-state index in [9.17, 15) is 4.79 Å². The number of aromatic nitrogens is 2. The number of anilines is 1. The average molecular weight is 359 g/mol. The van der Waals surface area contributed by atoms with Crippen LogP contribution in [-0.4, -0.2) is 21.7 Å². The van der Waals surface area contributed by atoms with Crippen molar-refractivity contribution in [1.82, 2.24) is 9.78 Å². The van der Waals surface area contributed by atoms with E-state index in [2.05, 4.69) is 38.1 Å². The molecule has 1 aromatic heterocycles. The molecule has 0 spiro atoms. The molecule has 3 aromatic rings. The van der Waals surface area contributed by atoms with Gasteiger partial charge in [0.05, 0.1) is 11.4 Å². The first-order chi connectivity index (χ1) is 13.1. The number of carbonyl (C=O) groups excluding carboxylic acids is 1. The highest BCUT2D eigenvalue weighted by molar-refractivity contribution is 5.96. The Hall–Kier alpha value is -2.88. The van der Waals surface area contributed by atoms with Crippen LogP contribution in [0.2, 0.25) is 0 Å². The molecule has 0 bridgehead atoms. The van der Waals surface area contributed by atoms with Crippen LogP contribution in [0.1, 0.15) is 35.9 Å². The molecule has 1 atom stereocenters. The summed E-state index contributed by atoms with van der Waals surface area (Å²) in [7, 11) is 0. The van der Waals surface area contributed by atoms with E-state index in [0.717, 1.165) is 29.2 Å². The minimum atomic E-state index is 0.193. The summed E-state index contributed by atoms with van der Waals surface area (Å²) in [4.78, 5) is 15.0. The number of rotatable bonds is 4. The highest BCUT2D eigenvalue weighted by atomic mass is 16.2. The van der Waals surface area contributed by atoms with E-state index < -0.39 is 0 Å². The van der Waals surface area contributed by atoms with Gasteiger partial charge in [0.1, 0.15) is 0 Å². The first-order valence-corrected chi connectivity index (χ1v) is 9.56. The topological polar surface area (TPSA) is 38.1 Å². The van der Waals surface area contributed by atoms with Crippen molar-refractivity contribution in [3.63, 3.8) is 0 Å². The molecule has 2 heterocycles. The lowest BCUT2D eigenvalue weighted by Gasteiger charge is -2.22. The molecule has 0 fully saturated rings. The lowest BCUT2D eigenvalue weighted by Crippen LogP contribution is -2.35. The van der Waals surface area contributed by atoms with Gasteiger partial charge in [-0.1, -0.05) is 36.4 Å². The smallest absolute Gasteiger partial charge is 0.227 e. The molecular weight excluding hydrogens is 334 g/mol. The van der Waals surface area contributed by atoms with Crippen molar-refractivity contribution in [3.8, 4) is 5.69 Å². The normalized spacial score (nSPS) is 15.8. The van der Waals surface area contributed by atoms with Crippen LogP contribution < -0.4 is 4.90 Å². The zero-order valence-corrected chi connectivity index (χ0v) is 16.1. The van der Waals surface area contributed by atoms with E-state index in [1.54, 1.807) is 0 Å². The molecule has 0 saturated carbocycles. The SMILES string of the molecule is Cc1nn(-c2ccccc2)c(C)c1CCC(=O)N1c2ccccc2CC1C. The average Bonchev–Trinajstić information content (AvgIpc) is 3.16. The van der Waals surface area contributed by atoms with Crippen LogP contribution in [0.5, 0.6) is 0 Å². The molecule has 1 aliphatic rings. The Labute approximate surface area is 160 Å². The van der Waals surface area contributed by atoms with Gasteiger partial charge in [0.25, 0.3) is 0 Å². The predicted octanol–water partition coefficient (Wildman–Crippen LogP) is 4.40. The molecule has 0 radical (unpaired) electrons. The van der Waals surface area contributed by atoms with E-state index in [4.69, 9.17) is 5.10 Å². The molecule has 4 nitrogen and oxygen atoms in total. The van der Waals surface area contributed by atoms with Gasteiger partial charge in [0.15, 0.2) is 0 Å². The Morgan fingerprint density at radius 1 is 1.07 bits per heavy atom. The van der Waals surface area contributed by atoms with Gasteiger partial charge in [0, 0.05) is 23.8 Å². The quantitative estimate of drug-likeness (QED) is 0.692. The molecule has 138 valence electrons. The molecule has 0 aliphatic carbocycles. The molecule has 1 amide bonds. The van der Waals surface area contributed by atoms with Crippen molar-refractivity contribution < 1.29 is 4.79 Å². The van der Waals surface area contributed by atoms with Crippen LogP contribution in [0.15, 0.2) is 54.6 Å². The molecule has 4 heteroatoms. The second kappa shape index (κ2) is 7.03. The minimum Gasteiger partial charge on any atom is -0.309 e. The Morgan fingerprint density at radius 3 is 2.56 bits per heavy atom. The second-order valence-corrected chi connectivity index (χ2v) is 7.34. The maximum atomic E-state index is 13.0. The van der Waals surface area contributed by atoms with E-state index >= 15 is 0 Å². The molecule has 0 N–H and O–H groups in total. The number of fused-ring (bicyclic) bond motifs is 1. The summed E-state index contributed by atoms with van der Waals surface area (Å²) in [6, 6.07) is 18.6. The van der Waals surface area contributed by atoms with Gasteiger partial charge in [-0.15, -0.1) is 0 Å². The first kappa shape index (κ1) is 17.5. The highest BCUT2D eigenvalue weighted by Crippen LogP contribution is 2.32. The first-order valence-electron chi connectivity index (χ1n) is 9.56. The van der Waals surface area contributed by atoms with Crippen molar-refractivity contribution in [3.05, 3.63) is 77.1 Å². The van der Waals surface area contributed by atoms with E-state index in [1.165, 1.54) is 11.1 Å². The van der Waals surface area contributed by atoms with E-state index in [0.29, 0.717) is 12.8 Å². The lowest BCUT2D eigenvalue weighted by molar-refractivity contribution is -0.118. The maximum Gasteiger partial charge on any atom is 0.227 e. The number of hydrogen-bond donors (Lipinski definition) is 0. The Balaban J connectivity index is 1.53. The highest BCUT2D eigenvalue weighted by Gasteiger charge is 2.30. The van der Waals surface area contributed by atoms with Crippen LogP contribution in [0, 0.1) is 13.8 Å². The standard InChI is InChI=1S/C23H25N3O/c1-16-15-19-9-7-8-12-22(19)25(16)23(27)14-13-21-17(2)24-26(18(21)3)20-10-5-4-6-11-20/h4-12,16H,13-15H2,1-3H3. The van der Waals surface area contributed by atoms with E-state index in [-0.39, 0.29) is 11.9 Å². The second-order valence-electron chi connectivity index (χ2n) is 7.34. The number of para-hydroxylation sites is 2. The third kappa shape index (κ3) is 3.16. The van der Waals surface area contributed by atoms with E-state index in [1.807, 2.05) is 46.8 Å². The van der Waals surface area contributed by atoms with Gasteiger partial charge in [-0.25, -0.2) is 4.68 Å². The zero-order valence-electron chi connectivity index (χ0n) is 16.1. The Kier molecular flexibility index (Phi) is 4.56. The van der Waals surface area contributed by atoms with Crippen LogP contribution in [0.3, 0.4) is 0 Å². The molecule has 0 saturated heterocycles. The molecule has 27 heavy (non-hydrogen) atoms. The Morgan fingerprint density at radius 2 is 1.78 bits per heavy atom. The van der Waals surface area contributed by atoms with Gasteiger partial charge < -0.3 is 4.90 Å². The number of hydrogen-bond acceptors (Lipinski definition) is 2. The molecule has 1 unspecified atom stereocenters. The Bertz CT molecular complexity index is 975. The molecular formula is C23H25N3O. The summed E-state index contributed by atoms with van der Waals surface area (Å²) in [6.07, 6.45) is 2.15. The van der Waals surface area contributed by atoms with Crippen molar-refractivity contribution in [2.24, 2.45) is 0 Å². The predicted molar refractivity (Wildman–Crippen MR) is 108 cm³/mol. The monoisotopic (exact) mass is 359 g/mol. The fraction of sp³-hybridized carbons (Fsp3) is 0.304. The third-order valence-corrected chi connectivity index (χ3v) is 5.51. The zero-order chi connectivity index (χ0) is 19.0. The summed E-state index contributed by atoms with van der Waals surface area (Å²) in [5, 5.41) is 4.70. The number of aryl methyl sites for hydroxylation is 1. The molecule has 1 aliphatic heterocycles.